The molecule has 0 aliphatic carbocycles. The van der Waals surface area contributed by atoms with Crippen LogP contribution < -0.4 is 0 Å². The zero-order valence-electron chi connectivity index (χ0n) is 6.61. The van der Waals surface area contributed by atoms with Crippen LogP contribution in [0.25, 0.3) is 0 Å². The lowest BCUT2D eigenvalue weighted by Gasteiger charge is -2.03. The summed E-state index contributed by atoms with van der Waals surface area (Å²) in [4.78, 5) is 11.0. The summed E-state index contributed by atoms with van der Waals surface area (Å²) >= 11 is 7.40. The number of ether oxygens (including phenoxy) is 1. The van der Waals surface area contributed by atoms with Crippen LogP contribution in [0.5, 0.6) is 0 Å². The van der Waals surface area contributed by atoms with Crippen LogP contribution in [0.4, 0.5) is 4.39 Å². The number of benzene rings is 1. The zero-order chi connectivity index (χ0) is 10.0. The van der Waals surface area contributed by atoms with E-state index in [2.05, 4.69) is 4.74 Å². The topological polar surface area (TPSA) is 26.3 Å². The summed E-state index contributed by atoms with van der Waals surface area (Å²) in [5.41, 5.74) is -0.139. The number of rotatable bonds is 1. The second-order valence-corrected chi connectivity index (χ2v) is 3.84. The van der Waals surface area contributed by atoms with E-state index in [-0.39, 0.29) is 5.56 Å². The van der Waals surface area contributed by atoms with Gasteiger partial charge in [0.15, 0.2) is 5.82 Å². The van der Waals surface area contributed by atoms with E-state index in [9.17, 15) is 9.18 Å². The fraction of sp³-hybridized carbons (Fsp3) is 0.125. The van der Waals surface area contributed by atoms with Gasteiger partial charge in [0.1, 0.15) is 0 Å². The molecule has 0 unspecified atom stereocenters. The van der Waals surface area contributed by atoms with E-state index in [1.54, 1.807) is 22.6 Å². The highest BCUT2D eigenvalue weighted by molar-refractivity contribution is 14.1. The number of carbonyl (C=O) groups is 1. The van der Waals surface area contributed by atoms with Crippen molar-refractivity contribution in [2.24, 2.45) is 0 Å². The first-order valence-corrected chi connectivity index (χ1v) is 4.74. The summed E-state index contributed by atoms with van der Waals surface area (Å²) in [5.74, 6) is -1.32. The normalized spacial score (nSPS) is 9.85. The van der Waals surface area contributed by atoms with Crippen molar-refractivity contribution < 1.29 is 13.9 Å². The highest BCUT2D eigenvalue weighted by Crippen LogP contribution is 2.21. The SMILES string of the molecule is COC(=O)c1cc(Cl)cc(I)c1F. The predicted octanol–water partition coefficient (Wildman–Crippen LogP) is 2.87. The maximum absolute atomic E-state index is 13.3. The molecule has 1 aromatic carbocycles. The van der Waals surface area contributed by atoms with E-state index >= 15 is 0 Å². The molecule has 0 atom stereocenters. The van der Waals surface area contributed by atoms with Crippen LogP contribution in [0.1, 0.15) is 10.4 Å². The molecule has 0 aliphatic heterocycles. The Bertz CT molecular complexity index is 354. The van der Waals surface area contributed by atoms with E-state index in [0.29, 0.717) is 8.59 Å². The van der Waals surface area contributed by atoms with Crippen LogP contribution in [0, 0.1) is 9.39 Å². The quantitative estimate of drug-likeness (QED) is 0.453. The molecule has 0 heterocycles. The summed E-state index contributed by atoms with van der Waals surface area (Å²) in [5, 5.41) is 0.311. The number of hydrogen-bond acceptors (Lipinski definition) is 2. The standard InChI is InChI=1S/C8H5ClFIO2/c1-13-8(12)5-2-4(9)3-6(11)7(5)10/h2-3H,1H3. The van der Waals surface area contributed by atoms with Crippen molar-refractivity contribution in [3.8, 4) is 0 Å². The van der Waals surface area contributed by atoms with E-state index < -0.39 is 11.8 Å². The highest BCUT2D eigenvalue weighted by atomic mass is 127. The average Bonchev–Trinajstić information content (AvgIpc) is 2.10. The molecule has 0 radical (unpaired) electrons. The van der Waals surface area contributed by atoms with Crippen molar-refractivity contribution in [1.29, 1.82) is 0 Å². The van der Waals surface area contributed by atoms with Crippen LogP contribution in [-0.2, 0) is 4.74 Å². The smallest absolute Gasteiger partial charge is 0.340 e. The largest absolute Gasteiger partial charge is 0.465 e. The number of esters is 1. The Kier molecular flexibility index (Phi) is 3.49. The lowest BCUT2D eigenvalue weighted by molar-refractivity contribution is 0.0595. The van der Waals surface area contributed by atoms with Crippen molar-refractivity contribution in [3.63, 3.8) is 0 Å². The molecule has 1 rings (SSSR count). The van der Waals surface area contributed by atoms with Crippen molar-refractivity contribution in [1.82, 2.24) is 0 Å². The lowest BCUT2D eigenvalue weighted by atomic mass is 10.2. The number of hydrogen-bond donors (Lipinski definition) is 0. The van der Waals surface area contributed by atoms with Gasteiger partial charge in [0.25, 0.3) is 0 Å². The minimum atomic E-state index is -0.724. The van der Waals surface area contributed by atoms with Crippen molar-refractivity contribution in [3.05, 3.63) is 32.1 Å². The molecular weight excluding hydrogens is 309 g/mol. The van der Waals surface area contributed by atoms with Gasteiger partial charge in [-0.05, 0) is 34.7 Å². The molecule has 0 aromatic heterocycles. The van der Waals surface area contributed by atoms with Crippen molar-refractivity contribution >= 4 is 40.2 Å². The van der Waals surface area contributed by atoms with Gasteiger partial charge in [-0.3, -0.25) is 0 Å². The maximum Gasteiger partial charge on any atom is 0.340 e. The van der Waals surface area contributed by atoms with Crippen LogP contribution >= 0.6 is 34.2 Å². The lowest BCUT2D eigenvalue weighted by Crippen LogP contribution is -2.05. The first-order valence-electron chi connectivity index (χ1n) is 3.29. The van der Waals surface area contributed by atoms with Crippen LogP contribution in [-0.4, -0.2) is 13.1 Å². The van der Waals surface area contributed by atoms with Crippen LogP contribution in [0.15, 0.2) is 12.1 Å². The molecular formula is C8H5ClFIO2. The molecule has 2 nitrogen and oxygen atoms in total. The third-order valence-electron chi connectivity index (χ3n) is 1.40. The molecule has 70 valence electrons. The predicted molar refractivity (Wildman–Crippen MR) is 55.5 cm³/mol. The monoisotopic (exact) mass is 314 g/mol. The fourth-order valence-electron chi connectivity index (χ4n) is 0.814. The first-order chi connectivity index (χ1) is 6.06. The third-order valence-corrected chi connectivity index (χ3v) is 2.40. The highest BCUT2D eigenvalue weighted by Gasteiger charge is 2.15. The van der Waals surface area contributed by atoms with E-state index in [4.69, 9.17) is 11.6 Å². The molecule has 0 fully saturated rings. The molecule has 0 spiro atoms. The van der Waals surface area contributed by atoms with E-state index in [1.807, 2.05) is 0 Å². The molecule has 1 aromatic rings. The molecule has 0 N–H and O–H groups in total. The summed E-state index contributed by atoms with van der Waals surface area (Å²) < 4.78 is 17.9. The zero-order valence-corrected chi connectivity index (χ0v) is 9.52. The molecule has 0 aliphatic rings. The minimum Gasteiger partial charge on any atom is -0.465 e. The van der Waals surface area contributed by atoms with Gasteiger partial charge in [-0.15, -0.1) is 0 Å². The maximum atomic E-state index is 13.3. The molecule has 13 heavy (non-hydrogen) atoms. The summed E-state index contributed by atoms with van der Waals surface area (Å²) in [6.07, 6.45) is 0. The number of carbonyl (C=O) groups excluding carboxylic acids is 1. The van der Waals surface area contributed by atoms with Gasteiger partial charge in [-0.2, -0.15) is 0 Å². The Balaban J connectivity index is 3.28. The van der Waals surface area contributed by atoms with Gasteiger partial charge >= 0.3 is 5.97 Å². The van der Waals surface area contributed by atoms with Gasteiger partial charge < -0.3 is 4.74 Å². The Hall–Kier alpha value is -0.360. The third kappa shape index (κ3) is 2.31. The number of methoxy groups -OCH3 is 1. The molecule has 0 saturated carbocycles. The molecule has 0 saturated heterocycles. The van der Waals surface area contributed by atoms with Crippen LogP contribution in [0.2, 0.25) is 5.02 Å². The van der Waals surface area contributed by atoms with E-state index in [0.717, 1.165) is 0 Å². The van der Waals surface area contributed by atoms with Crippen molar-refractivity contribution in [2.45, 2.75) is 0 Å². The second-order valence-electron chi connectivity index (χ2n) is 2.24. The minimum absolute atomic E-state index is 0.139. The Morgan fingerprint density at radius 3 is 2.77 bits per heavy atom. The van der Waals surface area contributed by atoms with Gasteiger partial charge in [-0.25, -0.2) is 9.18 Å². The van der Waals surface area contributed by atoms with Gasteiger partial charge in [0.2, 0.25) is 0 Å². The Labute approximate surface area is 93.2 Å². The van der Waals surface area contributed by atoms with Crippen molar-refractivity contribution in [2.75, 3.05) is 7.11 Å². The Morgan fingerprint density at radius 2 is 2.23 bits per heavy atom. The van der Waals surface area contributed by atoms with E-state index in [1.165, 1.54) is 19.2 Å². The molecule has 5 heteroatoms. The second kappa shape index (κ2) is 4.23. The number of halogens is 3. The summed E-state index contributed by atoms with van der Waals surface area (Å²) in [6.45, 7) is 0. The summed E-state index contributed by atoms with van der Waals surface area (Å²) in [7, 11) is 1.19. The molecule has 0 amide bonds. The van der Waals surface area contributed by atoms with Crippen LogP contribution in [0.3, 0.4) is 0 Å². The summed E-state index contributed by atoms with van der Waals surface area (Å²) in [6, 6.07) is 2.68. The average molecular weight is 314 g/mol. The van der Waals surface area contributed by atoms with Gasteiger partial charge in [-0.1, -0.05) is 11.6 Å². The Morgan fingerprint density at radius 1 is 1.62 bits per heavy atom. The van der Waals surface area contributed by atoms with Gasteiger partial charge in [0, 0.05) is 5.02 Å². The fourth-order valence-corrected chi connectivity index (χ4v) is 1.84. The van der Waals surface area contributed by atoms with Gasteiger partial charge in [0.05, 0.1) is 16.2 Å². The molecule has 0 bridgehead atoms. The first kappa shape index (κ1) is 10.7.